The number of carbonyl (C=O) groups excluding carboxylic acids is 1. The van der Waals surface area contributed by atoms with Gasteiger partial charge in [-0.25, -0.2) is 0 Å². The van der Waals surface area contributed by atoms with Gasteiger partial charge in [0.25, 0.3) is 6.79 Å². The predicted octanol–water partition coefficient (Wildman–Crippen LogP) is 2.25. The van der Waals surface area contributed by atoms with Crippen LogP contribution >= 0.6 is 0 Å². The van der Waals surface area contributed by atoms with E-state index in [1.54, 1.807) is 30.3 Å². The minimum atomic E-state index is 0. The van der Waals surface area contributed by atoms with Crippen molar-refractivity contribution in [3.63, 3.8) is 0 Å². The molecule has 0 aromatic rings. The van der Waals surface area contributed by atoms with Gasteiger partial charge in [0.1, 0.15) is 0 Å². The van der Waals surface area contributed by atoms with E-state index in [1.807, 2.05) is 0 Å². The Morgan fingerprint density at radius 2 is 0.556 bits per heavy atom. The molecule has 0 aromatic heterocycles. The molecule has 0 spiro atoms. The second-order valence-electron chi connectivity index (χ2n) is 1.12. The Morgan fingerprint density at radius 3 is 0.556 bits per heavy atom. The van der Waals surface area contributed by atoms with Crippen molar-refractivity contribution in [1.29, 1.82) is 26.3 Å². The quantitative estimate of drug-likeness (QED) is 0.593. The molecule has 0 aliphatic rings. The molecule has 6 nitrogen and oxygen atoms in total. The van der Waals surface area contributed by atoms with Gasteiger partial charge in [0, 0.05) is 55.7 Å². The van der Waals surface area contributed by atoms with Crippen molar-refractivity contribution in [1.82, 2.24) is 0 Å². The van der Waals surface area contributed by atoms with Crippen LogP contribution in [0.25, 0.3) is 0 Å². The Labute approximate surface area is 124 Å². The van der Waals surface area contributed by atoms with E-state index in [4.69, 9.17) is 31.1 Å². The van der Waals surface area contributed by atoms with Crippen LogP contribution in [0.15, 0.2) is 0 Å². The van der Waals surface area contributed by atoms with Crippen LogP contribution in [0, 0.1) is 56.7 Å². The molecular weight excluding hydrogens is 402 g/mol. The van der Waals surface area contributed by atoms with Gasteiger partial charge in [-0.05, 0) is 0 Å². The van der Waals surface area contributed by atoms with Crippen molar-refractivity contribution >= 4 is 6.79 Å². The van der Waals surface area contributed by atoms with Crippen molar-refractivity contribution in [2.45, 2.75) is 34.6 Å². The Kier molecular flexibility index (Phi) is 889. The van der Waals surface area contributed by atoms with Crippen LogP contribution in [-0.4, -0.2) is 6.79 Å². The summed E-state index contributed by atoms with van der Waals surface area (Å²) >= 11 is 0. The molecule has 0 rings (SSSR count). The summed E-state index contributed by atoms with van der Waals surface area (Å²) in [7, 11) is 0. The third kappa shape index (κ3) is 472. The van der Waals surface area contributed by atoms with Crippen LogP contribution in [0.1, 0.15) is 34.6 Å². The molecule has 0 fully saturated rings. The van der Waals surface area contributed by atoms with E-state index in [-0.39, 0.29) is 21.1 Å². The van der Waals surface area contributed by atoms with E-state index in [9.17, 15) is 0 Å². The van der Waals surface area contributed by atoms with Gasteiger partial charge in [0.05, 0.1) is 30.3 Å². The van der Waals surface area contributed by atoms with Crippen LogP contribution in [0.5, 0.6) is 0 Å². The first-order chi connectivity index (χ1) is 8.07. The molecule has 0 aliphatic carbocycles. The largest absolute Gasteiger partial charge is 0.281 e. The van der Waals surface area contributed by atoms with Crippen LogP contribution in [0.2, 0.25) is 0 Å². The predicted molar refractivity (Wildman–Crippen MR) is 62.1 cm³/mol. The van der Waals surface area contributed by atoms with Crippen LogP contribution < -0.4 is 0 Å². The third-order valence-electron chi connectivity index (χ3n) is 0. The minimum Gasteiger partial charge on any atom is -0.281 e. The zero-order valence-corrected chi connectivity index (χ0v) is 14.0. The van der Waals surface area contributed by atoms with Gasteiger partial charge >= 0.3 is 0 Å². The smallest absolute Gasteiger partial charge is 0.281 e. The summed E-state index contributed by atoms with van der Waals surface area (Å²) in [5, 5.41) is 36.6. The molecule has 0 atom stereocenters. The van der Waals surface area contributed by atoms with Crippen molar-refractivity contribution in [3.8, 4) is 30.3 Å². The maximum Gasteiger partial charge on any atom is 0.281 e. The molecule has 0 aromatic carbocycles. The summed E-state index contributed by atoms with van der Waals surface area (Å²) in [6.45, 7) is 11.7. The average Bonchev–Trinajstić information content (AvgIpc) is 2.25. The van der Waals surface area contributed by atoms with Crippen molar-refractivity contribution in [2.24, 2.45) is 0 Å². The topological polar surface area (TPSA) is 136 Å². The summed E-state index contributed by atoms with van der Waals surface area (Å²) in [5.74, 6) is 0. The molecule has 7 heteroatoms. The molecule has 18 heavy (non-hydrogen) atoms. The molecule has 0 bridgehead atoms. The third-order valence-corrected chi connectivity index (χ3v) is 0. The first kappa shape index (κ1) is 44.7. The fraction of sp³-hybridized carbons (Fsp3) is 0.455. The number of rotatable bonds is 0. The average molecular weight is 417 g/mol. The zero-order valence-electron chi connectivity index (χ0n) is 11.1. The van der Waals surface area contributed by atoms with Gasteiger partial charge in [-0.15, -0.1) is 0 Å². The van der Waals surface area contributed by atoms with Gasteiger partial charge in [-0.1, -0.05) is 0 Å². The molecule has 0 saturated carbocycles. The standard InChI is InChI=1S/5C2H3N.CO.W/c5*1-2-3;1-2;/h5*1H3;;. The first-order valence-corrected chi connectivity index (χ1v) is 3.82. The Bertz CT molecular complexity index is 215. The summed E-state index contributed by atoms with van der Waals surface area (Å²) in [5.41, 5.74) is 0. The van der Waals surface area contributed by atoms with E-state index in [1.165, 1.54) is 34.6 Å². The monoisotopic (exact) mass is 417 g/mol. The first-order valence-electron chi connectivity index (χ1n) is 3.82. The number of nitrogens with zero attached hydrogens (tertiary/aromatic N) is 5. The molecule has 0 saturated heterocycles. The SMILES string of the molecule is CC#N.CC#N.CC#N.CC#N.CC#N.[C]=O.[W]. The Hall–Kier alpha value is -2.19. The van der Waals surface area contributed by atoms with Gasteiger partial charge in [-0.2, -0.15) is 26.3 Å². The summed E-state index contributed by atoms with van der Waals surface area (Å²) in [4.78, 5) is 7.50. The van der Waals surface area contributed by atoms with Gasteiger partial charge in [-0.3, -0.25) is 4.79 Å². The van der Waals surface area contributed by atoms with E-state index in [0.29, 0.717) is 0 Å². The molecule has 0 amide bonds. The zero-order chi connectivity index (χ0) is 15.5. The maximum absolute atomic E-state index is 7.50. The fourth-order valence-electron chi connectivity index (χ4n) is 0. The van der Waals surface area contributed by atoms with Gasteiger partial charge in [0.15, 0.2) is 0 Å². The summed E-state index contributed by atoms with van der Waals surface area (Å²) < 4.78 is 0. The maximum atomic E-state index is 7.50. The fourth-order valence-corrected chi connectivity index (χ4v) is 0. The minimum absolute atomic E-state index is 0. The normalized spacial score (nSPS) is 2.44. The molecule has 0 unspecified atom stereocenters. The van der Waals surface area contributed by atoms with Gasteiger partial charge in [0.2, 0.25) is 0 Å². The van der Waals surface area contributed by atoms with Crippen LogP contribution in [0.4, 0.5) is 0 Å². The van der Waals surface area contributed by atoms with E-state index in [0.717, 1.165) is 0 Å². The molecule has 2 radical (unpaired) electrons. The summed E-state index contributed by atoms with van der Waals surface area (Å²) in [6, 6.07) is 8.75. The second kappa shape index (κ2) is 358. The Morgan fingerprint density at radius 1 is 0.556 bits per heavy atom. The number of hydrogen-bond acceptors (Lipinski definition) is 6. The van der Waals surface area contributed by atoms with Gasteiger partial charge < -0.3 is 0 Å². The van der Waals surface area contributed by atoms with E-state index in [2.05, 4.69) is 6.79 Å². The van der Waals surface area contributed by atoms with Crippen molar-refractivity contribution < 1.29 is 25.9 Å². The van der Waals surface area contributed by atoms with Crippen molar-refractivity contribution in [3.05, 3.63) is 0 Å². The number of nitriles is 5. The van der Waals surface area contributed by atoms with Crippen LogP contribution in [0.3, 0.4) is 0 Å². The van der Waals surface area contributed by atoms with Crippen LogP contribution in [-0.2, 0) is 25.9 Å². The van der Waals surface area contributed by atoms with E-state index < -0.39 is 0 Å². The molecule has 0 aliphatic heterocycles. The molecule has 0 heterocycles. The molecular formula is C11H15N5OW. The second-order valence-corrected chi connectivity index (χ2v) is 1.12. The number of hydrogen-bond donors (Lipinski definition) is 0. The van der Waals surface area contributed by atoms with E-state index >= 15 is 0 Å². The Balaban J connectivity index is -0.0000000160. The molecule has 0 N–H and O–H groups in total. The summed E-state index contributed by atoms with van der Waals surface area (Å²) in [6.07, 6.45) is 0. The van der Waals surface area contributed by atoms with Crippen molar-refractivity contribution in [2.75, 3.05) is 0 Å². The molecule has 96 valence electrons.